The highest BCUT2D eigenvalue weighted by Crippen LogP contribution is 2.18. The highest BCUT2D eigenvalue weighted by atomic mass is 32.2. The Labute approximate surface area is 108 Å². The number of hydrogen-bond donors (Lipinski definition) is 1. The molecule has 2 rings (SSSR count). The number of nitrogens with zero attached hydrogens (tertiary/aromatic N) is 3. The second kappa shape index (κ2) is 5.89. The van der Waals surface area contributed by atoms with Crippen LogP contribution in [0.15, 0.2) is 12.3 Å². The molecule has 5 heteroatoms. The van der Waals surface area contributed by atoms with Crippen LogP contribution in [-0.2, 0) is 13.5 Å². The third kappa shape index (κ3) is 3.24. The van der Waals surface area contributed by atoms with E-state index >= 15 is 0 Å². The zero-order valence-electron chi connectivity index (χ0n) is 10.7. The normalized spacial score (nSPS) is 23.8. The van der Waals surface area contributed by atoms with Crippen LogP contribution in [0.5, 0.6) is 0 Å². The largest absolute Gasteiger partial charge is 0.326 e. The number of aromatic nitrogens is 2. The monoisotopic (exact) mass is 254 g/mol. The lowest BCUT2D eigenvalue weighted by Crippen LogP contribution is -2.50. The van der Waals surface area contributed by atoms with Gasteiger partial charge in [0.15, 0.2) is 0 Å². The van der Waals surface area contributed by atoms with E-state index in [2.05, 4.69) is 23.1 Å². The molecule has 1 aromatic heterocycles. The van der Waals surface area contributed by atoms with E-state index in [9.17, 15) is 0 Å². The quantitative estimate of drug-likeness (QED) is 0.860. The highest BCUT2D eigenvalue weighted by molar-refractivity contribution is 7.99. The molecule has 2 atom stereocenters. The third-order valence-corrected chi connectivity index (χ3v) is 4.64. The van der Waals surface area contributed by atoms with Crippen LogP contribution in [0.3, 0.4) is 0 Å². The molecule has 17 heavy (non-hydrogen) atoms. The number of rotatable bonds is 4. The molecule has 1 aliphatic heterocycles. The lowest BCUT2D eigenvalue weighted by Gasteiger charge is -2.36. The molecular formula is C12H22N4S. The maximum absolute atomic E-state index is 6.32. The van der Waals surface area contributed by atoms with Crippen molar-refractivity contribution in [1.82, 2.24) is 14.7 Å². The molecule has 0 radical (unpaired) electrons. The van der Waals surface area contributed by atoms with Crippen LogP contribution < -0.4 is 5.73 Å². The van der Waals surface area contributed by atoms with Gasteiger partial charge < -0.3 is 10.6 Å². The fraction of sp³-hybridized carbons (Fsp3) is 0.750. The zero-order valence-corrected chi connectivity index (χ0v) is 11.5. The van der Waals surface area contributed by atoms with Crippen molar-refractivity contribution in [3.63, 3.8) is 0 Å². The van der Waals surface area contributed by atoms with E-state index in [1.807, 2.05) is 29.7 Å². The molecule has 2 N–H and O–H groups in total. The SMILES string of the molecule is CN1CCSCC1C(N)CCc1ccnn1C. The van der Waals surface area contributed by atoms with E-state index in [4.69, 9.17) is 5.73 Å². The number of nitrogens with two attached hydrogens (primary N) is 1. The molecule has 1 aromatic rings. The van der Waals surface area contributed by atoms with Crippen molar-refractivity contribution in [2.45, 2.75) is 24.9 Å². The van der Waals surface area contributed by atoms with Crippen LogP contribution in [0, 0.1) is 0 Å². The van der Waals surface area contributed by atoms with Gasteiger partial charge in [-0.15, -0.1) is 0 Å². The molecule has 2 unspecified atom stereocenters. The van der Waals surface area contributed by atoms with E-state index in [1.165, 1.54) is 17.2 Å². The summed E-state index contributed by atoms with van der Waals surface area (Å²) in [5.41, 5.74) is 7.59. The van der Waals surface area contributed by atoms with Gasteiger partial charge in [0.1, 0.15) is 0 Å². The van der Waals surface area contributed by atoms with Gasteiger partial charge >= 0.3 is 0 Å². The Morgan fingerprint density at radius 2 is 2.41 bits per heavy atom. The molecule has 1 aliphatic rings. The first-order chi connectivity index (χ1) is 8.18. The molecule has 2 heterocycles. The average molecular weight is 254 g/mol. The minimum atomic E-state index is 0.266. The van der Waals surface area contributed by atoms with Crippen molar-refractivity contribution in [1.29, 1.82) is 0 Å². The number of thioether (sulfide) groups is 1. The zero-order chi connectivity index (χ0) is 12.3. The van der Waals surface area contributed by atoms with Gasteiger partial charge in [0.05, 0.1) is 0 Å². The smallest absolute Gasteiger partial charge is 0.0492 e. The van der Waals surface area contributed by atoms with E-state index in [1.54, 1.807) is 0 Å². The molecule has 0 amide bonds. The predicted molar refractivity (Wildman–Crippen MR) is 73.2 cm³/mol. The summed E-state index contributed by atoms with van der Waals surface area (Å²) in [5, 5.41) is 4.18. The molecule has 0 saturated carbocycles. The standard InChI is InChI=1S/C12H22N4S/c1-15-7-8-17-9-12(15)11(13)4-3-10-5-6-14-16(10)2/h5-6,11-12H,3-4,7-9,13H2,1-2H3. The van der Waals surface area contributed by atoms with Crippen LogP contribution >= 0.6 is 11.8 Å². The lowest BCUT2D eigenvalue weighted by atomic mass is 10.0. The number of likely N-dealkylation sites (N-methyl/N-ethyl adjacent to an activating group) is 1. The Hall–Kier alpha value is -0.520. The Kier molecular flexibility index (Phi) is 4.48. The third-order valence-electron chi connectivity index (χ3n) is 3.59. The van der Waals surface area contributed by atoms with Crippen LogP contribution in [0.2, 0.25) is 0 Å². The molecule has 96 valence electrons. The van der Waals surface area contributed by atoms with Crippen molar-refractivity contribution in [2.24, 2.45) is 12.8 Å². The maximum Gasteiger partial charge on any atom is 0.0492 e. The summed E-state index contributed by atoms with van der Waals surface area (Å²) in [6, 6.07) is 2.87. The van der Waals surface area contributed by atoms with E-state index in [0.29, 0.717) is 6.04 Å². The summed E-state index contributed by atoms with van der Waals surface area (Å²) >= 11 is 2.02. The van der Waals surface area contributed by atoms with Gasteiger partial charge in [-0.3, -0.25) is 4.68 Å². The van der Waals surface area contributed by atoms with Crippen LogP contribution in [-0.4, -0.2) is 51.9 Å². The van der Waals surface area contributed by atoms with Gasteiger partial charge in [-0.25, -0.2) is 0 Å². The first-order valence-corrected chi connectivity index (χ1v) is 7.34. The van der Waals surface area contributed by atoms with Crippen molar-refractivity contribution in [3.05, 3.63) is 18.0 Å². The van der Waals surface area contributed by atoms with Gasteiger partial charge in [-0.1, -0.05) is 0 Å². The van der Waals surface area contributed by atoms with Crippen LogP contribution in [0.25, 0.3) is 0 Å². The molecular weight excluding hydrogens is 232 g/mol. The van der Waals surface area contributed by atoms with Gasteiger partial charge in [-0.2, -0.15) is 16.9 Å². The molecule has 4 nitrogen and oxygen atoms in total. The van der Waals surface area contributed by atoms with E-state index in [0.717, 1.165) is 19.4 Å². The Morgan fingerprint density at radius 1 is 1.59 bits per heavy atom. The van der Waals surface area contributed by atoms with Gasteiger partial charge in [0.2, 0.25) is 0 Å². The molecule has 0 aromatic carbocycles. The molecule has 1 fully saturated rings. The van der Waals surface area contributed by atoms with E-state index < -0.39 is 0 Å². The summed E-state index contributed by atoms with van der Waals surface area (Å²) < 4.78 is 1.94. The van der Waals surface area contributed by atoms with Crippen molar-refractivity contribution >= 4 is 11.8 Å². The first-order valence-electron chi connectivity index (χ1n) is 6.19. The first kappa shape index (κ1) is 12.9. The highest BCUT2D eigenvalue weighted by Gasteiger charge is 2.25. The molecule has 0 aliphatic carbocycles. The van der Waals surface area contributed by atoms with Gasteiger partial charge in [-0.05, 0) is 26.0 Å². The van der Waals surface area contributed by atoms with Crippen LogP contribution in [0.1, 0.15) is 12.1 Å². The van der Waals surface area contributed by atoms with E-state index in [-0.39, 0.29) is 6.04 Å². The van der Waals surface area contributed by atoms with Crippen molar-refractivity contribution < 1.29 is 0 Å². The summed E-state index contributed by atoms with van der Waals surface area (Å²) in [4.78, 5) is 2.41. The molecule has 1 saturated heterocycles. The predicted octanol–water partition coefficient (Wildman–Crippen LogP) is 0.727. The lowest BCUT2D eigenvalue weighted by molar-refractivity contribution is 0.230. The minimum Gasteiger partial charge on any atom is -0.326 e. The van der Waals surface area contributed by atoms with Crippen LogP contribution in [0.4, 0.5) is 0 Å². The average Bonchev–Trinajstić information content (AvgIpc) is 2.72. The molecule has 0 bridgehead atoms. The number of aryl methyl sites for hydroxylation is 2. The Morgan fingerprint density at radius 3 is 3.06 bits per heavy atom. The fourth-order valence-corrected chi connectivity index (χ4v) is 3.64. The maximum atomic E-state index is 6.32. The van der Waals surface area contributed by atoms with Gasteiger partial charge in [0.25, 0.3) is 0 Å². The van der Waals surface area contributed by atoms with Crippen molar-refractivity contribution in [3.8, 4) is 0 Å². The Balaban J connectivity index is 1.84. The summed E-state index contributed by atoms with van der Waals surface area (Å²) in [7, 11) is 4.18. The fourth-order valence-electron chi connectivity index (χ4n) is 2.31. The summed E-state index contributed by atoms with van der Waals surface area (Å²) in [5.74, 6) is 2.41. The molecule has 0 spiro atoms. The second-order valence-electron chi connectivity index (χ2n) is 4.77. The second-order valence-corrected chi connectivity index (χ2v) is 5.92. The number of hydrogen-bond acceptors (Lipinski definition) is 4. The Bertz CT molecular complexity index is 352. The van der Waals surface area contributed by atoms with Crippen molar-refractivity contribution in [2.75, 3.05) is 25.1 Å². The minimum absolute atomic E-state index is 0.266. The summed E-state index contributed by atoms with van der Waals surface area (Å²) in [6.45, 7) is 1.16. The summed E-state index contributed by atoms with van der Waals surface area (Å²) in [6.07, 6.45) is 3.91. The van der Waals surface area contributed by atoms with Gasteiger partial charge in [0, 0.05) is 49.1 Å². The topological polar surface area (TPSA) is 47.1 Å².